The predicted molar refractivity (Wildman–Crippen MR) is 132 cm³/mol. The Kier molecular flexibility index (Phi) is 10.6. The maximum absolute atomic E-state index is 12.4. The Bertz CT molecular complexity index is 992. The Morgan fingerprint density at radius 1 is 1.03 bits per heavy atom. The standard InChI is InChI=1S/C26H28O5.C2H6/c1-2-3-4-5-6-18-7-9-19(10-8-18)23(27)15-12-21-13-16-25(31-21)20-11-14-24(28)22(17-20)26(29)30;1-2/h7-17,22,24,28H,2-6H2,1H3,(H,29,30);1-2H3/b15-12+;. The number of rotatable bonds is 10. The quantitative estimate of drug-likeness (QED) is 0.250. The van der Waals surface area contributed by atoms with Crippen molar-refractivity contribution in [3.8, 4) is 0 Å². The summed E-state index contributed by atoms with van der Waals surface area (Å²) in [5.41, 5.74) is 2.45. The van der Waals surface area contributed by atoms with Crippen LogP contribution in [0, 0.1) is 5.92 Å². The summed E-state index contributed by atoms with van der Waals surface area (Å²) in [4.78, 5) is 23.7. The van der Waals surface area contributed by atoms with Crippen LogP contribution in [0.1, 0.15) is 73.9 Å². The third-order valence-corrected chi connectivity index (χ3v) is 5.35. The van der Waals surface area contributed by atoms with E-state index in [1.807, 2.05) is 38.1 Å². The number of carbonyl (C=O) groups excluding carboxylic acids is 1. The van der Waals surface area contributed by atoms with E-state index < -0.39 is 18.0 Å². The molecule has 1 aromatic heterocycles. The van der Waals surface area contributed by atoms with Crippen molar-refractivity contribution in [3.63, 3.8) is 0 Å². The molecule has 1 aliphatic carbocycles. The van der Waals surface area contributed by atoms with Crippen LogP contribution in [0.25, 0.3) is 11.6 Å². The zero-order valence-electron chi connectivity index (χ0n) is 19.7. The number of carbonyl (C=O) groups is 2. The molecule has 2 aromatic rings. The Labute approximate surface area is 196 Å². The van der Waals surface area contributed by atoms with Gasteiger partial charge in [-0.05, 0) is 42.7 Å². The van der Waals surface area contributed by atoms with Gasteiger partial charge in [0.15, 0.2) is 5.78 Å². The summed E-state index contributed by atoms with van der Waals surface area (Å²) in [6, 6.07) is 11.1. The molecular weight excluding hydrogens is 416 g/mol. The molecule has 0 saturated carbocycles. The Hall–Kier alpha value is -3.18. The average molecular weight is 451 g/mol. The summed E-state index contributed by atoms with van der Waals surface area (Å²) in [7, 11) is 0. The zero-order chi connectivity index (χ0) is 24.2. The number of carboxylic acids is 1. The number of aryl methyl sites for hydroxylation is 1. The van der Waals surface area contributed by atoms with Crippen molar-refractivity contribution in [2.45, 2.75) is 59.0 Å². The van der Waals surface area contributed by atoms with Gasteiger partial charge in [-0.25, -0.2) is 0 Å². The Morgan fingerprint density at radius 2 is 1.76 bits per heavy atom. The molecule has 0 aliphatic heterocycles. The van der Waals surface area contributed by atoms with E-state index in [0.29, 0.717) is 22.7 Å². The molecule has 3 rings (SSSR count). The summed E-state index contributed by atoms with van der Waals surface area (Å²) < 4.78 is 5.72. The molecule has 33 heavy (non-hydrogen) atoms. The smallest absolute Gasteiger partial charge is 0.313 e. The van der Waals surface area contributed by atoms with Crippen LogP contribution in [-0.2, 0) is 11.2 Å². The van der Waals surface area contributed by atoms with Crippen LogP contribution in [0.3, 0.4) is 0 Å². The zero-order valence-corrected chi connectivity index (χ0v) is 19.7. The first-order valence-electron chi connectivity index (χ1n) is 11.7. The van der Waals surface area contributed by atoms with Crippen molar-refractivity contribution < 1.29 is 24.2 Å². The molecule has 1 aromatic carbocycles. The van der Waals surface area contributed by atoms with Gasteiger partial charge < -0.3 is 14.6 Å². The number of aliphatic hydroxyl groups excluding tert-OH is 1. The molecular formula is C28H34O5. The maximum atomic E-state index is 12.4. The monoisotopic (exact) mass is 450 g/mol. The fourth-order valence-corrected chi connectivity index (χ4v) is 3.49. The third kappa shape index (κ3) is 7.72. The van der Waals surface area contributed by atoms with E-state index in [2.05, 4.69) is 6.92 Å². The average Bonchev–Trinajstić information content (AvgIpc) is 3.31. The second-order valence-corrected chi connectivity index (χ2v) is 7.74. The molecule has 0 radical (unpaired) electrons. The highest BCUT2D eigenvalue weighted by Crippen LogP contribution is 2.27. The second kappa shape index (κ2) is 13.4. The van der Waals surface area contributed by atoms with Crippen LogP contribution in [0.2, 0.25) is 0 Å². The molecule has 176 valence electrons. The molecule has 0 amide bonds. The number of carboxylic acid groups (broad SMARTS) is 1. The van der Waals surface area contributed by atoms with Gasteiger partial charge in [0, 0.05) is 11.1 Å². The van der Waals surface area contributed by atoms with E-state index in [9.17, 15) is 19.8 Å². The molecule has 0 fully saturated rings. The van der Waals surface area contributed by atoms with Crippen LogP contribution < -0.4 is 0 Å². The number of benzene rings is 1. The van der Waals surface area contributed by atoms with Gasteiger partial charge in [-0.1, -0.05) is 82.5 Å². The van der Waals surface area contributed by atoms with Crippen LogP contribution in [-0.4, -0.2) is 28.1 Å². The molecule has 2 unspecified atom stereocenters. The number of furan rings is 1. The summed E-state index contributed by atoms with van der Waals surface area (Å²) >= 11 is 0. The Balaban J connectivity index is 0.00000187. The van der Waals surface area contributed by atoms with Crippen molar-refractivity contribution >= 4 is 23.4 Å². The number of aliphatic carboxylic acids is 1. The lowest BCUT2D eigenvalue weighted by atomic mass is 9.93. The number of unbranched alkanes of at least 4 members (excludes halogenated alkanes) is 3. The number of aliphatic hydroxyl groups is 1. The fourth-order valence-electron chi connectivity index (χ4n) is 3.49. The molecule has 0 bridgehead atoms. The minimum Gasteiger partial charge on any atom is -0.481 e. The van der Waals surface area contributed by atoms with Crippen LogP contribution in [0.4, 0.5) is 0 Å². The molecule has 1 heterocycles. The van der Waals surface area contributed by atoms with E-state index in [1.165, 1.54) is 49.5 Å². The molecule has 2 N–H and O–H groups in total. The molecule has 1 aliphatic rings. The second-order valence-electron chi connectivity index (χ2n) is 7.74. The SMILES string of the molecule is CC.CCCCCCc1ccc(C(=O)/C=C/c2ccc(C3=CC(C(=O)O)C(O)C=C3)o2)cc1. The fraction of sp³-hybridized carbons (Fsp3) is 0.357. The van der Waals surface area contributed by atoms with Crippen molar-refractivity contribution in [1.82, 2.24) is 0 Å². The van der Waals surface area contributed by atoms with Gasteiger partial charge in [0.2, 0.25) is 0 Å². The van der Waals surface area contributed by atoms with Gasteiger partial charge in [0.05, 0.1) is 6.10 Å². The van der Waals surface area contributed by atoms with Gasteiger partial charge in [-0.15, -0.1) is 0 Å². The summed E-state index contributed by atoms with van der Waals surface area (Å²) in [5.74, 6) is -1.25. The number of hydrogen-bond acceptors (Lipinski definition) is 4. The lowest BCUT2D eigenvalue weighted by Crippen LogP contribution is -2.26. The van der Waals surface area contributed by atoms with E-state index in [1.54, 1.807) is 24.3 Å². The normalized spacial score (nSPS) is 17.4. The van der Waals surface area contributed by atoms with Gasteiger partial charge >= 0.3 is 5.97 Å². The Morgan fingerprint density at radius 3 is 2.42 bits per heavy atom. The lowest BCUT2D eigenvalue weighted by molar-refractivity contribution is -0.142. The van der Waals surface area contributed by atoms with Crippen molar-refractivity contribution in [2.24, 2.45) is 5.92 Å². The van der Waals surface area contributed by atoms with Crippen LogP contribution in [0.15, 0.2) is 65.1 Å². The minimum absolute atomic E-state index is 0.110. The van der Waals surface area contributed by atoms with Crippen molar-refractivity contribution in [2.75, 3.05) is 0 Å². The summed E-state index contributed by atoms with van der Waals surface area (Å²) in [6.45, 7) is 6.20. The van der Waals surface area contributed by atoms with Crippen molar-refractivity contribution in [1.29, 1.82) is 0 Å². The van der Waals surface area contributed by atoms with Crippen molar-refractivity contribution in [3.05, 3.63) is 83.3 Å². The maximum Gasteiger partial charge on any atom is 0.313 e. The first kappa shape index (κ1) is 26.1. The molecule has 5 nitrogen and oxygen atoms in total. The largest absolute Gasteiger partial charge is 0.481 e. The van der Waals surface area contributed by atoms with E-state index in [-0.39, 0.29) is 5.78 Å². The highest BCUT2D eigenvalue weighted by Gasteiger charge is 2.26. The topological polar surface area (TPSA) is 87.7 Å². The van der Waals surface area contributed by atoms with Crippen LogP contribution in [0.5, 0.6) is 0 Å². The minimum atomic E-state index is -1.10. The van der Waals surface area contributed by atoms with E-state index in [4.69, 9.17) is 4.42 Å². The van der Waals surface area contributed by atoms with Gasteiger partial charge in [0.1, 0.15) is 17.4 Å². The van der Waals surface area contributed by atoms with Gasteiger partial charge in [-0.3, -0.25) is 9.59 Å². The molecule has 2 atom stereocenters. The lowest BCUT2D eigenvalue weighted by Gasteiger charge is -2.17. The first-order chi connectivity index (χ1) is 16.0. The highest BCUT2D eigenvalue weighted by molar-refractivity contribution is 6.06. The first-order valence-corrected chi connectivity index (χ1v) is 11.7. The summed E-state index contributed by atoms with van der Waals surface area (Å²) in [5, 5.41) is 18.9. The number of ketones is 1. The molecule has 0 saturated heterocycles. The van der Waals surface area contributed by atoms with Crippen LogP contribution >= 0.6 is 0 Å². The third-order valence-electron chi connectivity index (χ3n) is 5.35. The number of allylic oxidation sites excluding steroid dienone is 3. The highest BCUT2D eigenvalue weighted by atomic mass is 16.4. The molecule has 5 heteroatoms. The molecule has 0 spiro atoms. The number of hydrogen-bond donors (Lipinski definition) is 2. The predicted octanol–water partition coefficient (Wildman–Crippen LogP) is 6.34. The summed E-state index contributed by atoms with van der Waals surface area (Å²) in [6.07, 6.45) is 12.4. The van der Waals surface area contributed by atoms with Gasteiger partial charge in [0.25, 0.3) is 0 Å². The van der Waals surface area contributed by atoms with E-state index in [0.717, 1.165) is 6.42 Å². The van der Waals surface area contributed by atoms with Gasteiger partial charge in [-0.2, -0.15) is 0 Å². The van der Waals surface area contributed by atoms with E-state index >= 15 is 0 Å².